The molecule has 0 saturated heterocycles. The Hall–Kier alpha value is -1.51. The second-order valence-electron chi connectivity index (χ2n) is 3.75. The Labute approximate surface area is 89.4 Å². The van der Waals surface area contributed by atoms with Gasteiger partial charge in [0.1, 0.15) is 5.92 Å². The number of hydrogen-bond donors (Lipinski definition) is 1. The predicted octanol–water partition coefficient (Wildman–Crippen LogP) is 2.15. The molecule has 0 unspecified atom stereocenters. The van der Waals surface area contributed by atoms with Crippen molar-refractivity contribution < 1.29 is 9.53 Å². The molecule has 0 radical (unpaired) electrons. The van der Waals surface area contributed by atoms with Gasteiger partial charge in [-0.25, -0.2) is 0 Å². The van der Waals surface area contributed by atoms with Gasteiger partial charge in [0.05, 0.1) is 6.61 Å². The van der Waals surface area contributed by atoms with Crippen molar-refractivity contribution in [2.75, 3.05) is 11.9 Å². The van der Waals surface area contributed by atoms with Gasteiger partial charge in [0.2, 0.25) is 0 Å². The highest BCUT2D eigenvalue weighted by Gasteiger charge is 2.35. The van der Waals surface area contributed by atoms with Crippen molar-refractivity contribution in [3.05, 3.63) is 29.8 Å². The van der Waals surface area contributed by atoms with E-state index in [1.165, 1.54) is 0 Å². The van der Waals surface area contributed by atoms with Crippen LogP contribution in [0.2, 0.25) is 0 Å². The fraction of sp³-hybridized carbons (Fsp3) is 0.417. The second-order valence-corrected chi connectivity index (χ2v) is 3.75. The van der Waals surface area contributed by atoms with Crippen LogP contribution >= 0.6 is 0 Å². The SMILES string of the molecule is CCOC(=O)[C@H]1c2ccccc2N[C@@H]1C. The number of carbonyl (C=O) groups is 1. The minimum Gasteiger partial charge on any atom is -0.465 e. The van der Waals surface area contributed by atoms with Crippen molar-refractivity contribution in [2.45, 2.75) is 25.8 Å². The van der Waals surface area contributed by atoms with E-state index in [0.717, 1.165) is 11.3 Å². The summed E-state index contributed by atoms with van der Waals surface area (Å²) in [5.74, 6) is -0.302. The van der Waals surface area contributed by atoms with Crippen LogP contribution in [-0.2, 0) is 9.53 Å². The molecule has 0 aliphatic carbocycles. The van der Waals surface area contributed by atoms with Crippen molar-refractivity contribution in [1.82, 2.24) is 0 Å². The minimum absolute atomic E-state index is 0.112. The second kappa shape index (κ2) is 3.93. The summed E-state index contributed by atoms with van der Waals surface area (Å²) in [5.41, 5.74) is 2.09. The predicted molar refractivity (Wildman–Crippen MR) is 58.9 cm³/mol. The fourth-order valence-electron chi connectivity index (χ4n) is 2.06. The number of fused-ring (bicyclic) bond motifs is 1. The molecule has 0 saturated carbocycles. The van der Waals surface area contributed by atoms with Gasteiger partial charge < -0.3 is 10.1 Å². The first-order valence-corrected chi connectivity index (χ1v) is 5.26. The van der Waals surface area contributed by atoms with Crippen molar-refractivity contribution in [1.29, 1.82) is 0 Å². The van der Waals surface area contributed by atoms with Crippen LogP contribution in [0.1, 0.15) is 25.3 Å². The first-order valence-electron chi connectivity index (χ1n) is 5.26. The summed E-state index contributed by atoms with van der Waals surface area (Å²) in [7, 11) is 0. The van der Waals surface area contributed by atoms with Gasteiger partial charge in [0, 0.05) is 11.7 Å². The molecule has 0 bridgehead atoms. The van der Waals surface area contributed by atoms with Crippen LogP contribution in [-0.4, -0.2) is 18.6 Å². The number of benzene rings is 1. The molecule has 0 amide bonds. The molecular weight excluding hydrogens is 190 g/mol. The normalized spacial score (nSPS) is 23.1. The van der Waals surface area contributed by atoms with Gasteiger partial charge in [-0.1, -0.05) is 18.2 Å². The number of anilines is 1. The maximum absolute atomic E-state index is 11.8. The van der Waals surface area contributed by atoms with Crippen LogP contribution in [0.15, 0.2) is 24.3 Å². The summed E-state index contributed by atoms with van der Waals surface area (Å²) in [6.45, 7) is 4.27. The van der Waals surface area contributed by atoms with E-state index in [4.69, 9.17) is 4.74 Å². The first-order chi connectivity index (χ1) is 7.24. The van der Waals surface area contributed by atoms with Crippen LogP contribution in [0.3, 0.4) is 0 Å². The molecule has 0 spiro atoms. The van der Waals surface area contributed by atoms with Crippen LogP contribution in [0, 0.1) is 0 Å². The summed E-state index contributed by atoms with van der Waals surface area (Å²) in [6, 6.07) is 8.00. The van der Waals surface area contributed by atoms with E-state index in [9.17, 15) is 4.79 Å². The lowest BCUT2D eigenvalue weighted by Crippen LogP contribution is -2.25. The Morgan fingerprint density at radius 2 is 2.20 bits per heavy atom. The van der Waals surface area contributed by atoms with Gasteiger partial charge in [0.25, 0.3) is 0 Å². The number of para-hydroxylation sites is 1. The highest BCUT2D eigenvalue weighted by molar-refractivity contribution is 5.84. The topological polar surface area (TPSA) is 38.3 Å². The molecular formula is C12H15NO2. The van der Waals surface area contributed by atoms with Crippen molar-refractivity contribution in [3.8, 4) is 0 Å². The maximum Gasteiger partial charge on any atom is 0.315 e. The summed E-state index contributed by atoms with van der Waals surface area (Å²) in [4.78, 5) is 11.8. The third kappa shape index (κ3) is 1.69. The van der Waals surface area contributed by atoms with E-state index >= 15 is 0 Å². The third-order valence-electron chi connectivity index (χ3n) is 2.72. The summed E-state index contributed by atoms with van der Waals surface area (Å²) < 4.78 is 5.07. The average molecular weight is 205 g/mol. The molecule has 2 atom stereocenters. The first kappa shape index (κ1) is 10.0. The molecule has 1 aromatic carbocycles. The van der Waals surface area contributed by atoms with Crippen LogP contribution in [0.4, 0.5) is 5.69 Å². The van der Waals surface area contributed by atoms with Gasteiger partial charge in [-0.05, 0) is 25.5 Å². The lowest BCUT2D eigenvalue weighted by Gasteiger charge is -2.14. The molecule has 0 fully saturated rings. The quantitative estimate of drug-likeness (QED) is 0.752. The van der Waals surface area contributed by atoms with Crippen LogP contribution < -0.4 is 5.32 Å². The van der Waals surface area contributed by atoms with Crippen molar-refractivity contribution in [2.24, 2.45) is 0 Å². The Balaban J connectivity index is 2.29. The van der Waals surface area contributed by atoms with E-state index in [0.29, 0.717) is 6.61 Å². The van der Waals surface area contributed by atoms with Gasteiger partial charge in [-0.2, -0.15) is 0 Å². The Morgan fingerprint density at radius 3 is 2.93 bits per heavy atom. The number of rotatable bonds is 2. The van der Waals surface area contributed by atoms with Crippen LogP contribution in [0.25, 0.3) is 0 Å². The molecule has 3 heteroatoms. The summed E-state index contributed by atoms with van der Waals surface area (Å²) in [5, 5.41) is 3.29. The van der Waals surface area contributed by atoms with E-state index in [2.05, 4.69) is 5.32 Å². The Morgan fingerprint density at radius 1 is 1.47 bits per heavy atom. The third-order valence-corrected chi connectivity index (χ3v) is 2.72. The van der Waals surface area contributed by atoms with Crippen molar-refractivity contribution >= 4 is 11.7 Å². The monoisotopic (exact) mass is 205 g/mol. The Kier molecular flexibility index (Phi) is 2.62. The van der Waals surface area contributed by atoms with E-state index in [1.54, 1.807) is 0 Å². The highest BCUT2D eigenvalue weighted by Crippen LogP contribution is 2.36. The van der Waals surface area contributed by atoms with Gasteiger partial charge in [-0.15, -0.1) is 0 Å². The highest BCUT2D eigenvalue weighted by atomic mass is 16.5. The molecule has 1 aromatic rings. The van der Waals surface area contributed by atoms with Gasteiger partial charge >= 0.3 is 5.97 Å². The van der Waals surface area contributed by atoms with Crippen LogP contribution in [0.5, 0.6) is 0 Å². The number of esters is 1. The minimum atomic E-state index is -0.166. The smallest absolute Gasteiger partial charge is 0.315 e. The molecule has 15 heavy (non-hydrogen) atoms. The maximum atomic E-state index is 11.8. The zero-order chi connectivity index (χ0) is 10.8. The number of ether oxygens (including phenoxy) is 1. The zero-order valence-electron chi connectivity index (χ0n) is 8.99. The number of nitrogens with one attached hydrogen (secondary N) is 1. The average Bonchev–Trinajstić information content (AvgIpc) is 2.54. The molecule has 3 nitrogen and oxygen atoms in total. The van der Waals surface area contributed by atoms with E-state index in [1.807, 2.05) is 38.1 Å². The molecule has 0 aromatic heterocycles. The van der Waals surface area contributed by atoms with Gasteiger partial charge in [0.15, 0.2) is 0 Å². The van der Waals surface area contributed by atoms with E-state index < -0.39 is 0 Å². The fourth-order valence-corrected chi connectivity index (χ4v) is 2.06. The molecule has 1 N–H and O–H groups in total. The summed E-state index contributed by atoms with van der Waals surface area (Å²) >= 11 is 0. The molecule has 1 aliphatic heterocycles. The number of carbonyl (C=O) groups excluding carboxylic acids is 1. The number of hydrogen-bond acceptors (Lipinski definition) is 3. The lowest BCUT2D eigenvalue weighted by molar-refractivity contribution is -0.145. The Bertz CT molecular complexity index is 376. The molecule has 1 aliphatic rings. The van der Waals surface area contributed by atoms with Crippen molar-refractivity contribution in [3.63, 3.8) is 0 Å². The lowest BCUT2D eigenvalue weighted by atomic mass is 9.96. The summed E-state index contributed by atoms with van der Waals surface area (Å²) in [6.07, 6.45) is 0. The zero-order valence-corrected chi connectivity index (χ0v) is 8.99. The standard InChI is InChI=1S/C12H15NO2/c1-3-15-12(14)11-8(2)13-10-7-5-4-6-9(10)11/h4-8,11,13H,3H2,1-2H3/t8-,11-/m1/s1. The molecule has 2 rings (SSSR count). The van der Waals surface area contributed by atoms with Gasteiger partial charge in [-0.3, -0.25) is 4.79 Å². The molecule has 80 valence electrons. The molecule has 1 heterocycles. The largest absolute Gasteiger partial charge is 0.465 e. The van der Waals surface area contributed by atoms with E-state index in [-0.39, 0.29) is 17.9 Å².